The lowest BCUT2D eigenvalue weighted by Crippen LogP contribution is -2.50. The lowest BCUT2D eigenvalue weighted by Gasteiger charge is -2.35. The average molecular weight is 362 g/mol. The fraction of sp³-hybridized carbons (Fsp3) is 0.421. The zero-order valence-corrected chi connectivity index (χ0v) is 15.2. The van der Waals surface area contributed by atoms with E-state index in [0.29, 0.717) is 6.54 Å². The number of nitrogens with zero attached hydrogens (tertiary/aromatic N) is 2. The highest BCUT2D eigenvalue weighted by Crippen LogP contribution is 2.14. The number of carbonyl (C=O) groups excluding carboxylic acids is 1. The molecule has 1 aliphatic heterocycles. The van der Waals surface area contributed by atoms with Crippen LogP contribution >= 0.6 is 11.6 Å². The summed E-state index contributed by atoms with van der Waals surface area (Å²) in [6, 6.07) is 11.8. The Balaban J connectivity index is 1.40. The third-order valence-corrected chi connectivity index (χ3v) is 4.83. The van der Waals surface area contributed by atoms with E-state index in [0.717, 1.165) is 43.5 Å². The molecule has 0 spiro atoms. The van der Waals surface area contributed by atoms with Gasteiger partial charge in [0, 0.05) is 37.7 Å². The highest BCUT2D eigenvalue weighted by Gasteiger charge is 2.21. The van der Waals surface area contributed by atoms with Gasteiger partial charge in [-0.2, -0.15) is 0 Å². The molecular formula is C19H24ClN3O2. The van der Waals surface area contributed by atoms with Crippen molar-refractivity contribution in [3.63, 3.8) is 0 Å². The van der Waals surface area contributed by atoms with Crippen LogP contribution in [-0.2, 0) is 11.3 Å². The monoisotopic (exact) mass is 361 g/mol. The summed E-state index contributed by atoms with van der Waals surface area (Å²) in [4.78, 5) is 16.7. The lowest BCUT2D eigenvalue weighted by molar-refractivity contribution is -0.132. The van der Waals surface area contributed by atoms with Crippen molar-refractivity contribution in [1.29, 1.82) is 0 Å². The summed E-state index contributed by atoms with van der Waals surface area (Å²) in [7, 11) is 0. The van der Waals surface area contributed by atoms with Crippen molar-refractivity contribution in [3.05, 3.63) is 59.0 Å². The van der Waals surface area contributed by atoms with E-state index < -0.39 is 0 Å². The molecule has 1 aromatic heterocycles. The smallest absolute Gasteiger partial charge is 0.236 e. The van der Waals surface area contributed by atoms with Crippen LogP contribution in [0.4, 0.5) is 0 Å². The predicted molar refractivity (Wildman–Crippen MR) is 98.4 cm³/mol. The van der Waals surface area contributed by atoms with E-state index in [4.69, 9.17) is 16.0 Å². The van der Waals surface area contributed by atoms with Gasteiger partial charge in [0.05, 0.1) is 18.8 Å². The molecule has 0 saturated carbocycles. The minimum atomic E-state index is 0.0325. The molecule has 0 bridgehead atoms. The van der Waals surface area contributed by atoms with Gasteiger partial charge in [0.15, 0.2) is 0 Å². The van der Waals surface area contributed by atoms with Gasteiger partial charge < -0.3 is 9.32 Å². The van der Waals surface area contributed by atoms with Gasteiger partial charge in [0.1, 0.15) is 5.76 Å². The second-order valence-electron chi connectivity index (χ2n) is 6.40. The quantitative estimate of drug-likeness (QED) is 0.859. The first-order valence-corrected chi connectivity index (χ1v) is 9.01. The Morgan fingerprint density at radius 2 is 1.92 bits per heavy atom. The first kappa shape index (κ1) is 18.0. The zero-order valence-electron chi connectivity index (χ0n) is 14.5. The summed E-state index contributed by atoms with van der Waals surface area (Å²) in [5.41, 5.74) is 1.25. The maximum absolute atomic E-state index is 12.4. The zero-order chi connectivity index (χ0) is 17.6. The molecule has 2 heterocycles. The van der Waals surface area contributed by atoms with Crippen LogP contribution in [0.3, 0.4) is 0 Å². The van der Waals surface area contributed by atoms with E-state index in [2.05, 4.69) is 22.3 Å². The second kappa shape index (κ2) is 8.52. The highest BCUT2D eigenvalue weighted by molar-refractivity contribution is 6.30. The van der Waals surface area contributed by atoms with Crippen LogP contribution in [0.15, 0.2) is 47.1 Å². The third kappa shape index (κ3) is 5.08. The molecular weight excluding hydrogens is 338 g/mol. The van der Waals surface area contributed by atoms with Gasteiger partial charge in [-0.15, -0.1) is 0 Å². The van der Waals surface area contributed by atoms with Crippen LogP contribution in [0.1, 0.15) is 24.3 Å². The van der Waals surface area contributed by atoms with Crippen LogP contribution in [0.25, 0.3) is 0 Å². The summed E-state index contributed by atoms with van der Waals surface area (Å²) in [6.07, 6.45) is 1.65. The summed E-state index contributed by atoms with van der Waals surface area (Å²) < 4.78 is 5.35. The van der Waals surface area contributed by atoms with Gasteiger partial charge in [0.25, 0.3) is 0 Å². The molecule has 0 radical (unpaired) electrons. The maximum Gasteiger partial charge on any atom is 0.236 e. The van der Waals surface area contributed by atoms with Gasteiger partial charge in [0.2, 0.25) is 5.91 Å². The Morgan fingerprint density at radius 3 is 2.56 bits per heavy atom. The SMILES string of the molecule is C[C@@H](NCC(=O)N1CCN(Cc2ccc(Cl)cc2)CC1)c1ccco1. The van der Waals surface area contributed by atoms with Crippen molar-refractivity contribution in [2.45, 2.75) is 19.5 Å². The average Bonchev–Trinajstić information content (AvgIpc) is 3.17. The van der Waals surface area contributed by atoms with Gasteiger partial charge in [-0.3, -0.25) is 15.0 Å². The molecule has 0 unspecified atom stereocenters. The number of hydrogen-bond acceptors (Lipinski definition) is 4. The largest absolute Gasteiger partial charge is 0.468 e. The summed E-state index contributed by atoms with van der Waals surface area (Å²) in [5, 5.41) is 3.99. The Morgan fingerprint density at radius 1 is 1.20 bits per heavy atom. The van der Waals surface area contributed by atoms with Crippen molar-refractivity contribution in [2.24, 2.45) is 0 Å². The Kier molecular flexibility index (Phi) is 6.13. The molecule has 134 valence electrons. The first-order chi connectivity index (χ1) is 12.1. The van der Waals surface area contributed by atoms with E-state index in [1.54, 1.807) is 6.26 Å². The second-order valence-corrected chi connectivity index (χ2v) is 6.84. The van der Waals surface area contributed by atoms with Crippen molar-refractivity contribution < 1.29 is 9.21 Å². The van der Waals surface area contributed by atoms with Crippen molar-refractivity contribution in [2.75, 3.05) is 32.7 Å². The minimum absolute atomic E-state index is 0.0325. The van der Waals surface area contributed by atoms with E-state index >= 15 is 0 Å². The summed E-state index contributed by atoms with van der Waals surface area (Å²) in [5.74, 6) is 0.991. The van der Waals surface area contributed by atoms with Gasteiger partial charge in [-0.25, -0.2) is 0 Å². The molecule has 3 rings (SSSR count). The van der Waals surface area contributed by atoms with E-state index in [9.17, 15) is 4.79 Å². The number of nitrogens with one attached hydrogen (secondary N) is 1. The van der Waals surface area contributed by atoms with Crippen molar-refractivity contribution >= 4 is 17.5 Å². The molecule has 1 atom stereocenters. The topological polar surface area (TPSA) is 48.7 Å². The third-order valence-electron chi connectivity index (χ3n) is 4.57. The molecule has 0 aliphatic carbocycles. The number of hydrogen-bond donors (Lipinski definition) is 1. The number of amides is 1. The van der Waals surface area contributed by atoms with Gasteiger partial charge in [-0.05, 0) is 36.8 Å². The molecule has 5 nitrogen and oxygen atoms in total. The number of halogens is 1. The molecule has 1 amide bonds. The van der Waals surface area contributed by atoms with Crippen LogP contribution in [0.2, 0.25) is 5.02 Å². The molecule has 25 heavy (non-hydrogen) atoms. The number of benzene rings is 1. The number of furan rings is 1. The normalized spacial score (nSPS) is 16.8. The minimum Gasteiger partial charge on any atom is -0.468 e. The van der Waals surface area contributed by atoms with Crippen molar-refractivity contribution in [1.82, 2.24) is 15.1 Å². The highest BCUT2D eigenvalue weighted by atomic mass is 35.5. The number of piperazine rings is 1. The fourth-order valence-corrected chi connectivity index (χ4v) is 3.12. The molecule has 1 saturated heterocycles. The predicted octanol–water partition coefficient (Wildman–Crippen LogP) is 2.93. The summed E-state index contributed by atoms with van der Waals surface area (Å²) >= 11 is 5.92. The number of carbonyl (C=O) groups is 1. The number of rotatable bonds is 6. The van der Waals surface area contributed by atoms with Crippen LogP contribution in [-0.4, -0.2) is 48.4 Å². The first-order valence-electron chi connectivity index (χ1n) is 8.63. The maximum atomic E-state index is 12.4. The standard InChI is InChI=1S/C19H24ClN3O2/c1-15(18-3-2-12-25-18)21-13-19(24)23-10-8-22(9-11-23)14-16-4-6-17(20)7-5-16/h2-7,12,15,21H,8-11,13-14H2,1H3/t15-/m1/s1. The molecule has 1 N–H and O–H groups in total. The summed E-state index contributed by atoms with van der Waals surface area (Å²) in [6.45, 7) is 6.54. The van der Waals surface area contributed by atoms with E-state index in [1.165, 1.54) is 5.56 Å². The lowest BCUT2D eigenvalue weighted by atomic mass is 10.2. The molecule has 6 heteroatoms. The molecule has 1 aromatic carbocycles. The Labute approximate surface area is 153 Å². The van der Waals surface area contributed by atoms with Gasteiger partial charge in [-0.1, -0.05) is 23.7 Å². The van der Waals surface area contributed by atoms with Crippen LogP contribution < -0.4 is 5.32 Å². The molecule has 1 fully saturated rings. The Bertz CT molecular complexity index is 664. The molecule has 2 aromatic rings. The van der Waals surface area contributed by atoms with E-state index in [-0.39, 0.29) is 11.9 Å². The van der Waals surface area contributed by atoms with Crippen molar-refractivity contribution in [3.8, 4) is 0 Å². The van der Waals surface area contributed by atoms with E-state index in [1.807, 2.05) is 36.1 Å². The van der Waals surface area contributed by atoms with Gasteiger partial charge >= 0.3 is 0 Å². The van der Waals surface area contributed by atoms with Crippen LogP contribution in [0, 0.1) is 0 Å². The van der Waals surface area contributed by atoms with Crippen LogP contribution in [0.5, 0.6) is 0 Å². The Hall–Kier alpha value is -1.82. The fourth-order valence-electron chi connectivity index (χ4n) is 2.99. The molecule has 1 aliphatic rings.